The van der Waals surface area contributed by atoms with Gasteiger partial charge in [0, 0.05) is 37.5 Å². The number of ether oxygens (including phenoxy) is 1. The number of benzene rings is 2. The summed E-state index contributed by atoms with van der Waals surface area (Å²) in [4.78, 5) is 27.1. The van der Waals surface area contributed by atoms with E-state index in [-0.39, 0.29) is 17.9 Å². The van der Waals surface area contributed by atoms with E-state index in [1.54, 1.807) is 41.0 Å². The van der Waals surface area contributed by atoms with E-state index >= 15 is 0 Å². The highest BCUT2D eigenvalue weighted by Gasteiger charge is 2.33. The Labute approximate surface area is 196 Å². The van der Waals surface area contributed by atoms with Gasteiger partial charge < -0.3 is 20.1 Å². The minimum atomic E-state index is -0.495. The largest absolute Gasteiger partial charge is 0.455 e. The van der Waals surface area contributed by atoms with Crippen LogP contribution >= 0.6 is 0 Å². The van der Waals surface area contributed by atoms with Crippen molar-refractivity contribution in [3.63, 3.8) is 0 Å². The van der Waals surface area contributed by atoms with Crippen molar-refractivity contribution in [1.29, 1.82) is 0 Å². The Morgan fingerprint density at radius 3 is 2.74 bits per heavy atom. The fourth-order valence-corrected chi connectivity index (χ4v) is 4.75. The second-order valence-electron chi connectivity index (χ2n) is 8.72. The molecule has 0 aliphatic carbocycles. The van der Waals surface area contributed by atoms with Gasteiger partial charge in [0.05, 0.1) is 17.9 Å². The number of rotatable bonds is 4. The van der Waals surface area contributed by atoms with Gasteiger partial charge in [0.15, 0.2) is 5.75 Å². The molecule has 2 aromatic carbocycles. The van der Waals surface area contributed by atoms with E-state index in [0.717, 1.165) is 16.3 Å². The Morgan fingerprint density at radius 2 is 2.00 bits per heavy atom. The third kappa shape index (κ3) is 3.66. The van der Waals surface area contributed by atoms with E-state index in [2.05, 4.69) is 10.4 Å². The first-order chi connectivity index (χ1) is 16.4. The molecule has 0 spiro atoms. The number of aliphatic hydroxyl groups excluding tert-OH is 1. The number of carbonyl (C=O) groups is 2. The van der Waals surface area contributed by atoms with E-state index in [9.17, 15) is 14.7 Å². The van der Waals surface area contributed by atoms with Gasteiger partial charge in [-0.2, -0.15) is 5.10 Å². The van der Waals surface area contributed by atoms with Crippen LogP contribution in [0.2, 0.25) is 0 Å². The molecule has 2 amide bonds. The summed E-state index contributed by atoms with van der Waals surface area (Å²) in [5.41, 5.74) is 2.62. The van der Waals surface area contributed by atoms with Crippen LogP contribution in [0.1, 0.15) is 39.6 Å². The molecule has 2 aromatic heterocycles. The van der Waals surface area contributed by atoms with Crippen LogP contribution in [0.3, 0.4) is 0 Å². The van der Waals surface area contributed by atoms with Crippen molar-refractivity contribution in [3.8, 4) is 11.5 Å². The predicted octanol–water partition coefficient (Wildman–Crippen LogP) is 3.54. The first kappa shape index (κ1) is 21.9. The SMILES string of the molecule is CNC(=O)c1cccc2cc(Oc3ccnn4cc(C(=O)N5C[C@H](O)C[C@H]5C)c(C)c34)ccc12. The van der Waals surface area contributed by atoms with Crippen LogP contribution in [0.25, 0.3) is 16.3 Å². The van der Waals surface area contributed by atoms with Crippen LogP contribution in [0.5, 0.6) is 11.5 Å². The number of hydrogen-bond acceptors (Lipinski definition) is 5. The Balaban J connectivity index is 1.51. The second kappa shape index (κ2) is 8.46. The van der Waals surface area contributed by atoms with Gasteiger partial charge in [-0.1, -0.05) is 12.1 Å². The minimum Gasteiger partial charge on any atom is -0.455 e. The van der Waals surface area contributed by atoms with Crippen molar-refractivity contribution in [2.75, 3.05) is 13.6 Å². The molecule has 1 fully saturated rings. The Morgan fingerprint density at radius 1 is 1.18 bits per heavy atom. The standard InChI is InChI=1S/C26H26N4O4/c1-15-11-18(31)13-29(15)26(33)22-14-30-24(16(22)2)23(9-10-28-30)34-19-7-8-20-17(12-19)5-4-6-21(20)25(32)27-3/h4-10,12,14-15,18,31H,11,13H2,1-3H3,(H,27,32)/t15-,18-/m1/s1. The van der Waals surface area contributed by atoms with Gasteiger partial charge in [-0.15, -0.1) is 0 Å². The maximum Gasteiger partial charge on any atom is 0.256 e. The van der Waals surface area contributed by atoms with E-state index in [1.165, 1.54) is 0 Å². The summed E-state index contributed by atoms with van der Waals surface area (Å²) in [6.07, 6.45) is 3.43. The number of carbonyl (C=O) groups excluding carboxylic acids is 2. The summed E-state index contributed by atoms with van der Waals surface area (Å²) < 4.78 is 7.89. The predicted molar refractivity (Wildman–Crippen MR) is 128 cm³/mol. The maximum absolute atomic E-state index is 13.2. The smallest absolute Gasteiger partial charge is 0.256 e. The lowest BCUT2D eigenvalue weighted by Crippen LogP contribution is -2.34. The summed E-state index contributed by atoms with van der Waals surface area (Å²) in [6.45, 7) is 4.16. The van der Waals surface area contributed by atoms with Crippen molar-refractivity contribution in [2.24, 2.45) is 0 Å². The highest BCUT2D eigenvalue weighted by Crippen LogP contribution is 2.33. The summed E-state index contributed by atoms with van der Waals surface area (Å²) in [5, 5.41) is 18.7. The Bertz CT molecular complexity index is 1430. The van der Waals surface area contributed by atoms with E-state index < -0.39 is 6.10 Å². The van der Waals surface area contributed by atoms with Crippen LogP contribution in [-0.2, 0) is 0 Å². The van der Waals surface area contributed by atoms with Gasteiger partial charge in [0.25, 0.3) is 11.8 Å². The number of fused-ring (bicyclic) bond motifs is 2. The highest BCUT2D eigenvalue weighted by atomic mass is 16.5. The molecule has 2 N–H and O–H groups in total. The number of aliphatic hydroxyl groups is 1. The fraction of sp³-hybridized carbons (Fsp3) is 0.269. The summed E-state index contributed by atoms with van der Waals surface area (Å²) in [7, 11) is 1.61. The monoisotopic (exact) mass is 458 g/mol. The Kier molecular flexibility index (Phi) is 5.45. The molecule has 0 radical (unpaired) electrons. The molecule has 5 rings (SSSR count). The van der Waals surface area contributed by atoms with Crippen molar-refractivity contribution in [3.05, 3.63) is 71.5 Å². The van der Waals surface area contributed by atoms with Gasteiger partial charge in [0.1, 0.15) is 11.3 Å². The lowest BCUT2D eigenvalue weighted by atomic mass is 10.0. The first-order valence-electron chi connectivity index (χ1n) is 11.3. The van der Waals surface area contributed by atoms with Crippen molar-refractivity contribution in [2.45, 2.75) is 32.4 Å². The first-order valence-corrected chi connectivity index (χ1v) is 11.3. The van der Waals surface area contributed by atoms with Crippen LogP contribution in [0, 0.1) is 6.92 Å². The molecule has 1 saturated heterocycles. The van der Waals surface area contributed by atoms with E-state index in [4.69, 9.17) is 4.74 Å². The van der Waals surface area contributed by atoms with Gasteiger partial charge in [-0.25, -0.2) is 4.52 Å². The molecule has 34 heavy (non-hydrogen) atoms. The zero-order valence-corrected chi connectivity index (χ0v) is 19.3. The molecule has 2 atom stereocenters. The average Bonchev–Trinajstić information content (AvgIpc) is 3.36. The molecule has 3 heterocycles. The number of β-amino-alcohol motifs (C(OH)–C–C–N with tert-alkyl or cyclic N) is 1. The number of nitrogens with one attached hydrogen (secondary N) is 1. The molecule has 4 aromatic rings. The van der Waals surface area contributed by atoms with Crippen LogP contribution < -0.4 is 10.1 Å². The molecule has 1 aliphatic rings. The number of likely N-dealkylation sites (tertiary alicyclic amines) is 1. The van der Waals surface area contributed by atoms with Crippen LogP contribution in [0.4, 0.5) is 0 Å². The van der Waals surface area contributed by atoms with E-state index in [1.807, 2.05) is 44.2 Å². The molecular formula is C26H26N4O4. The topological polar surface area (TPSA) is 96.2 Å². The number of amides is 2. The molecule has 0 unspecified atom stereocenters. The van der Waals surface area contributed by atoms with Crippen molar-refractivity contribution < 1.29 is 19.4 Å². The summed E-state index contributed by atoms with van der Waals surface area (Å²) >= 11 is 0. The Hall–Kier alpha value is -3.91. The second-order valence-corrected chi connectivity index (χ2v) is 8.72. The third-order valence-electron chi connectivity index (χ3n) is 6.49. The van der Waals surface area contributed by atoms with Crippen LogP contribution in [-0.4, -0.2) is 57.2 Å². The molecular weight excluding hydrogens is 432 g/mol. The quantitative estimate of drug-likeness (QED) is 0.488. The van der Waals surface area contributed by atoms with Gasteiger partial charge >= 0.3 is 0 Å². The average molecular weight is 459 g/mol. The molecule has 8 nitrogen and oxygen atoms in total. The van der Waals surface area contributed by atoms with Crippen molar-refractivity contribution in [1.82, 2.24) is 19.8 Å². The number of hydrogen-bond donors (Lipinski definition) is 2. The molecule has 174 valence electrons. The summed E-state index contributed by atoms with van der Waals surface area (Å²) in [5.74, 6) is 0.920. The fourth-order valence-electron chi connectivity index (χ4n) is 4.75. The lowest BCUT2D eigenvalue weighted by Gasteiger charge is -2.20. The van der Waals surface area contributed by atoms with Gasteiger partial charge in [0.2, 0.25) is 0 Å². The summed E-state index contributed by atoms with van der Waals surface area (Å²) in [6, 6.07) is 12.9. The minimum absolute atomic E-state index is 0.0223. The normalized spacial score (nSPS) is 17.9. The zero-order chi connectivity index (χ0) is 24.0. The van der Waals surface area contributed by atoms with Crippen LogP contribution in [0.15, 0.2) is 54.9 Å². The molecule has 1 aliphatic heterocycles. The van der Waals surface area contributed by atoms with Gasteiger partial charge in [-0.05, 0) is 60.9 Å². The zero-order valence-electron chi connectivity index (χ0n) is 19.3. The van der Waals surface area contributed by atoms with Crippen molar-refractivity contribution >= 4 is 28.1 Å². The number of aryl methyl sites for hydroxylation is 1. The number of aromatic nitrogens is 2. The highest BCUT2D eigenvalue weighted by molar-refractivity contribution is 6.07. The third-order valence-corrected chi connectivity index (χ3v) is 6.49. The molecule has 0 saturated carbocycles. The molecule has 8 heteroatoms. The van der Waals surface area contributed by atoms with E-state index in [0.29, 0.717) is 41.1 Å². The molecule has 0 bridgehead atoms. The van der Waals surface area contributed by atoms with Gasteiger partial charge in [-0.3, -0.25) is 9.59 Å². The lowest BCUT2D eigenvalue weighted by molar-refractivity contribution is 0.0725. The number of nitrogens with zero attached hydrogens (tertiary/aromatic N) is 3. The maximum atomic E-state index is 13.2.